The summed E-state index contributed by atoms with van der Waals surface area (Å²) in [6.07, 6.45) is 0.0573. The number of hydrogen-bond acceptors (Lipinski definition) is 2. The lowest BCUT2D eigenvalue weighted by atomic mass is 9.91. The summed E-state index contributed by atoms with van der Waals surface area (Å²) in [6.45, 7) is 0. The van der Waals surface area contributed by atoms with E-state index < -0.39 is 11.9 Å². The van der Waals surface area contributed by atoms with E-state index in [1.807, 2.05) is 0 Å². The van der Waals surface area contributed by atoms with Gasteiger partial charge in [-0.1, -0.05) is 34.8 Å². The van der Waals surface area contributed by atoms with Crippen molar-refractivity contribution in [1.29, 1.82) is 0 Å². The Labute approximate surface area is 136 Å². The van der Waals surface area contributed by atoms with Crippen LogP contribution in [0.25, 0.3) is 0 Å². The Balaban J connectivity index is 2.42. The Bertz CT molecular complexity index is 686. The maximum atomic E-state index is 11.5. The normalized spacial score (nSPS) is 12.1. The third-order valence-electron chi connectivity index (χ3n) is 3.10. The molecule has 0 aliphatic heterocycles. The molecule has 6 heteroatoms. The third kappa shape index (κ3) is 3.82. The third-order valence-corrected chi connectivity index (χ3v) is 3.91. The number of halogens is 3. The van der Waals surface area contributed by atoms with Gasteiger partial charge in [-0.15, -0.1) is 0 Å². The number of hydrogen-bond donors (Lipinski definition) is 2. The molecule has 1 unspecified atom stereocenters. The molecule has 1 atom stereocenters. The highest BCUT2D eigenvalue weighted by Crippen LogP contribution is 2.33. The molecule has 0 saturated heterocycles. The fraction of sp³-hybridized carbons (Fsp3) is 0.133. The predicted octanol–water partition coefficient (Wildman–Crippen LogP) is 4.76. The van der Waals surface area contributed by atoms with Crippen molar-refractivity contribution < 1.29 is 15.0 Å². The van der Waals surface area contributed by atoms with Gasteiger partial charge in [0.05, 0.1) is 5.92 Å². The van der Waals surface area contributed by atoms with Crippen LogP contribution in [0.15, 0.2) is 36.4 Å². The van der Waals surface area contributed by atoms with E-state index in [0.717, 1.165) is 0 Å². The summed E-state index contributed by atoms with van der Waals surface area (Å²) in [6, 6.07) is 9.14. The molecule has 0 heterocycles. The van der Waals surface area contributed by atoms with Crippen LogP contribution in [0, 0.1) is 0 Å². The summed E-state index contributed by atoms with van der Waals surface area (Å²) < 4.78 is 0. The number of phenols is 1. The quantitative estimate of drug-likeness (QED) is 0.839. The maximum Gasteiger partial charge on any atom is 0.311 e. The molecule has 3 nitrogen and oxygen atoms in total. The lowest BCUT2D eigenvalue weighted by Crippen LogP contribution is -2.15. The molecule has 110 valence electrons. The standard InChI is InChI=1S/C15H11Cl3O3/c16-9-2-4-14(19)8(5-9)6-12(15(20)21)11-7-10(17)1-3-13(11)18/h1-5,7,12,19H,6H2,(H,20,21). The summed E-state index contributed by atoms with van der Waals surface area (Å²) in [4.78, 5) is 11.5. The van der Waals surface area contributed by atoms with Gasteiger partial charge in [-0.25, -0.2) is 0 Å². The van der Waals surface area contributed by atoms with Gasteiger partial charge in [0.1, 0.15) is 5.75 Å². The van der Waals surface area contributed by atoms with Crippen molar-refractivity contribution in [2.24, 2.45) is 0 Å². The van der Waals surface area contributed by atoms with E-state index in [2.05, 4.69) is 0 Å². The van der Waals surface area contributed by atoms with Gasteiger partial charge in [0.25, 0.3) is 0 Å². The van der Waals surface area contributed by atoms with Crippen molar-refractivity contribution in [2.75, 3.05) is 0 Å². The van der Waals surface area contributed by atoms with Gasteiger partial charge in [-0.3, -0.25) is 4.79 Å². The van der Waals surface area contributed by atoms with Crippen LogP contribution in [0.5, 0.6) is 5.75 Å². The zero-order chi connectivity index (χ0) is 15.6. The van der Waals surface area contributed by atoms with Crippen molar-refractivity contribution in [3.8, 4) is 5.75 Å². The number of carboxylic acid groups (broad SMARTS) is 1. The minimum atomic E-state index is -1.06. The summed E-state index contributed by atoms with van der Waals surface area (Å²) in [5.74, 6) is -2.00. The second kappa shape index (κ2) is 6.56. The number of carbonyl (C=O) groups is 1. The smallest absolute Gasteiger partial charge is 0.311 e. The molecule has 0 aliphatic rings. The highest BCUT2D eigenvalue weighted by Gasteiger charge is 2.24. The first-order valence-electron chi connectivity index (χ1n) is 6.03. The van der Waals surface area contributed by atoms with E-state index in [4.69, 9.17) is 34.8 Å². The molecule has 0 aromatic heterocycles. The molecule has 2 aromatic rings. The first-order valence-corrected chi connectivity index (χ1v) is 7.17. The Morgan fingerprint density at radius 3 is 2.33 bits per heavy atom. The minimum Gasteiger partial charge on any atom is -0.508 e. The lowest BCUT2D eigenvalue weighted by Gasteiger charge is -2.16. The van der Waals surface area contributed by atoms with Gasteiger partial charge in [0, 0.05) is 15.1 Å². The van der Waals surface area contributed by atoms with E-state index in [-0.39, 0.29) is 12.2 Å². The Hall–Kier alpha value is -1.42. The fourth-order valence-electron chi connectivity index (χ4n) is 2.05. The van der Waals surface area contributed by atoms with Crippen LogP contribution in [0.3, 0.4) is 0 Å². The molecule has 21 heavy (non-hydrogen) atoms. The second-order valence-corrected chi connectivity index (χ2v) is 5.81. The summed E-state index contributed by atoms with van der Waals surface area (Å²) in [7, 11) is 0. The monoisotopic (exact) mass is 344 g/mol. The van der Waals surface area contributed by atoms with Gasteiger partial charge in [0.2, 0.25) is 0 Å². The topological polar surface area (TPSA) is 57.5 Å². The molecule has 2 rings (SSSR count). The van der Waals surface area contributed by atoms with Crippen LogP contribution in [-0.2, 0) is 11.2 Å². The van der Waals surface area contributed by atoms with Crippen LogP contribution < -0.4 is 0 Å². The molecular weight excluding hydrogens is 335 g/mol. The van der Waals surface area contributed by atoms with Crippen LogP contribution in [0.4, 0.5) is 0 Å². The van der Waals surface area contributed by atoms with Crippen molar-refractivity contribution in [1.82, 2.24) is 0 Å². The summed E-state index contributed by atoms with van der Waals surface area (Å²) in [5, 5.41) is 20.4. The number of rotatable bonds is 4. The van der Waals surface area contributed by atoms with Gasteiger partial charge in [-0.05, 0) is 53.9 Å². The number of phenolic OH excluding ortho intramolecular Hbond substituents is 1. The predicted molar refractivity (Wildman–Crippen MR) is 83.7 cm³/mol. The molecule has 0 fully saturated rings. The van der Waals surface area contributed by atoms with Crippen LogP contribution >= 0.6 is 34.8 Å². The van der Waals surface area contributed by atoms with Crippen LogP contribution in [0.2, 0.25) is 15.1 Å². The number of aliphatic carboxylic acids is 1. The maximum absolute atomic E-state index is 11.5. The van der Waals surface area contributed by atoms with Gasteiger partial charge < -0.3 is 10.2 Å². The van der Waals surface area contributed by atoms with Gasteiger partial charge in [0.15, 0.2) is 0 Å². The van der Waals surface area contributed by atoms with Crippen LogP contribution in [0.1, 0.15) is 17.0 Å². The van der Waals surface area contributed by atoms with Gasteiger partial charge in [-0.2, -0.15) is 0 Å². The summed E-state index contributed by atoms with van der Waals surface area (Å²) in [5.41, 5.74) is 0.835. The molecular formula is C15H11Cl3O3. The molecule has 0 bridgehead atoms. The Morgan fingerprint density at radius 1 is 1.05 bits per heavy atom. The first kappa shape index (κ1) is 16.0. The summed E-state index contributed by atoms with van der Waals surface area (Å²) >= 11 is 17.8. The number of benzene rings is 2. The Morgan fingerprint density at radius 2 is 1.67 bits per heavy atom. The molecule has 0 amide bonds. The van der Waals surface area contributed by atoms with Crippen molar-refractivity contribution in [3.05, 3.63) is 62.6 Å². The molecule has 0 spiro atoms. The average molecular weight is 346 g/mol. The van der Waals surface area contributed by atoms with Crippen LogP contribution in [-0.4, -0.2) is 16.2 Å². The van der Waals surface area contributed by atoms with E-state index in [1.165, 1.54) is 24.3 Å². The highest BCUT2D eigenvalue weighted by atomic mass is 35.5. The SMILES string of the molecule is O=C(O)C(Cc1cc(Cl)ccc1O)c1cc(Cl)ccc1Cl. The zero-order valence-electron chi connectivity index (χ0n) is 10.7. The van der Waals surface area contributed by atoms with Crippen molar-refractivity contribution >= 4 is 40.8 Å². The highest BCUT2D eigenvalue weighted by molar-refractivity contribution is 6.33. The minimum absolute atomic E-state index is 0.0104. The van der Waals surface area contributed by atoms with E-state index in [0.29, 0.717) is 26.2 Å². The van der Waals surface area contributed by atoms with Gasteiger partial charge >= 0.3 is 5.97 Å². The Kier molecular flexibility index (Phi) is 4.99. The van der Waals surface area contributed by atoms with Crippen molar-refractivity contribution in [3.63, 3.8) is 0 Å². The zero-order valence-corrected chi connectivity index (χ0v) is 13.0. The molecule has 2 aromatic carbocycles. The second-order valence-electron chi connectivity index (χ2n) is 4.53. The molecule has 0 saturated carbocycles. The van der Waals surface area contributed by atoms with E-state index >= 15 is 0 Å². The molecule has 2 N–H and O–H groups in total. The first-order chi connectivity index (χ1) is 9.88. The van der Waals surface area contributed by atoms with E-state index in [9.17, 15) is 15.0 Å². The molecule has 0 radical (unpaired) electrons. The largest absolute Gasteiger partial charge is 0.508 e. The molecule has 0 aliphatic carbocycles. The number of aromatic hydroxyl groups is 1. The lowest BCUT2D eigenvalue weighted by molar-refractivity contribution is -0.138. The average Bonchev–Trinajstić information content (AvgIpc) is 2.42. The fourth-order valence-corrected chi connectivity index (χ4v) is 2.67. The number of carboxylic acids is 1. The van der Waals surface area contributed by atoms with Crippen molar-refractivity contribution in [2.45, 2.75) is 12.3 Å². The van der Waals surface area contributed by atoms with E-state index in [1.54, 1.807) is 12.1 Å².